The molecule has 0 saturated carbocycles. The zero-order valence-electron chi connectivity index (χ0n) is 17.7. The Balaban J connectivity index is 1.32. The van der Waals surface area contributed by atoms with Crippen LogP contribution in [-0.2, 0) is 14.3 Å². The topological polar surface area (TPSA) is 95.9 Å². The molecule has 0 aromatic heterocycles. The van der Waals surface area contributed by atoms with E-state index in [9.17, 15) is 23.2 Å². The molecule has 2 N–H and O–H groups in total. The van der Waals surface area contributed by atoms with Crippen molar-refractivity contribution in [3.8, 4) is 11.1 Å². The van der Waals surface area contributed by atoms with Gasteiger partial charge in [-0.1, -0.05) is 48.5 Å². The quantitative estimate of drug-likeness (QED) is 0.632. The molecule has 1 aliphatic carbocycles. The van der Waals surface area contributed by atoms with Gasteiger partial charge in [-0.15, -0.1) is 0 Å². The number of nitrogens with one attached hydrogen (secondary N) is 1. The highest BCUT2D eigenvalue weighted by atomic mass is 19.3. The van der Waals surface area contributed by atoms with Crippen LogP contribution in [0.3, 0.4) is 0 Å². The number of fused-ring (bicyclic) bond motifs is 3. The number of likely N-dealkylation sites (tertiary alicyclic amines) is 1. The van der Waals surface area contributed by atoms with Crippen molar-refractivity contribution in [3.05, 3.63) is 59.7 Å². The lowest BCUT2D eigenvalue weighted by Crippen LogP contribution is -2.53. The van der Waals surface area contributed by atoms with Gasteiger partial charge in [0.05, 0.1) is 12.8 Å². The average molecular weight is 458 g/mol. The summed E-state index contributed by atoms with van der Waals surface area (Å²) in [6.07, 6.45) is -4.62. The van der Waals surface area contributed by atoms with Crippen molar-refractivity contribution in [2.45, 2.75) is 31.2 Å². The third kappa shape index (κ3) is 4.97. The highest BCUT2D eigenvalue weighted by Gasteiger charge is 2.35. The van der Waals surface area contributed by atoms with Gasteiger partial charge < -0.3 is 20.1 Å². The minimum absolute atomic E-state index is 0.0211. The van der Waals surface area contributed by atoms with Gasteiger partial charge in [-0.25, -0.2) is 13.6 Å². The summed E-state index contributed by atoms with van der Waals surface area (Å²) in [6.45, 7) is 0.408. The number of halogens is 2. The van der Waals surface area contributed by atoms with E-state index in [0.29, 0.717) is 0 Å². The number of hydrogen-bond donors (Lipinski definition) is 2. The largest absolute Gasteiger partial charge is 0.481 e. The SMILES string of the molecule is O=C(O)CC1CN(C(=O)CC(NC(=O)OCC2c3ccccc3-c3ccccc32)C(F)F)C1. The van der Waals surface area contributed by atoms with E-state index in [4.69, 9.17) is 9.84 Å². The molecule has 0 bridgehead atoms. The van der Waals surface area contributed by atoms with Crippen molar-refractivity contribution in [3.63, 3.8) is 0 Å². The minimum atomic E-state index is -2.95. The maximum Gasteiger partial charge on any atom is 0.407 e. The van der Waals surface area contributed by atoms with Crippen LogP contribution in [0, 0.1) is 5.92 Å². The van der Waals surface area contributed by atoms with Crippen LogP contribution in [-0.4, -0.2) is 60.1 Å². The van der Waals surface area contributed by atoms with Gasteiger partial charge in [0.15, 0.2) is 0 Å². The van der Waals surface area contributed by atoms with Crippen molar-refractivity contribution in [1.82, 2.24) is 10.2 Å². The molecule has 1 atom stereocenters. The molecule has 7 nitrogen and oxygen atoms in total. The first-order chi connectivity index (χ1) is 15.8. The number of rotatable bonds is 8. The first kappa shape index (κ1) is 22.7. The van der Waals surface area contributed by atoms with Gasteiger partial charge in [-0.05, 0) is 22.3 Å². The third-order valence-electron chi connectivity index (χ3n) is 6.12. The molecule has 2 amide bonds. The van der Waals surface area contributed by atoms with Crippen molar-refractivity contribution in [2.75, 3.05) is 19.7 Å². The normalized spacial score (nSPS) is 16.0. The van der Waals surface area contributed by atoms with Crippen LogP contribution in [0.5, 0.6) is 0 Å². The Labute approximate surface area is 189 Å². The second kappa shape index (κ2) is 9.56. The number of benzene rings is 2. The molecule has 174 valence electrons. The van der Waals surface area contributed by atoms with Gasteiger partial charge in [0.2, 0.25) is 5.91 Å². The predicted octanol–water partition coefficient (Wildman–Crippen LogP) is 3.48. The number of hydrogen-bond acceptors (Lipinski definition) is 4. The summed E-state index contributed by atoms with van der Waals surface area (Å²) in [4.78, 5) is 36.6. The van der Waals surface area contributed by atoms with Gasteiger partial charge in [0, 0.05) is 24.9 Å². The smallest absolute Gasteiger partial charge is 0.407 e. The number of carbonyl (C=O) groups is 3. The Morgan fingerprint density at radius 2 is 1.61 bits per heavy atom. The summed E-state index contributed by atoms with van der Waals surface area (Å²) in [5.74, 6) is -1.90. The second-order valence-corrected chi connectivity index (χ2v) is 8.38. The lowest BCUT2D eigenvalue weighted by molar-refractivity contribution is -0.145. The van der Waals surface area contributed by atoms with Crippen LogP contribution < -0.4 is 5.32 Å². The Hall–Kier alpha value is -3.49. The maximum absolute atomic E-state index is 13.5. The number of carbonyl (C=O) groups excluding carboxylic acids is 2. The van der Waals surface area contributed by atoms with Crippen molar-refractivity contribution in [1.29, 1.82) is 0 Å². The number of alkyl halides is 2. The molecule has 1 fully saturated rings. The van der Waals surface area contributed by atoms with Gasteiger partial charge in [0.1, 0.15) is 12.6 Å². The van der Waals surface area contributed by atoms with Gasteiger partial charge in [0.25, 0.3) is 6.43 Å². The molecule has 1 unspecified atom stereocenters. The maximum atomic E-state index is 13.5. The van der Waals surface area contributed by atoms with E-state index in [1.165, 1.54) is 4.90 Å². The monoisotopic (exact) mass is 458 g/mol. The zero-order valence-corrected chi connectivity index (χ0v) is 17.7. The van der Waals surface area contributed by atoms with Crippen LogP contribution in [0.15, 0.2) is 48.5 Å². The van der Waals surface area contributed by atoms with Crippen molar-refractivity contribution in [2.24, 2.45) is 5.92 Å². The molecule has 9 heteroatoms. The fraction of sp³-hybridized carbons (Fsp3) is 0.375. The van der Waals surface area contributed by atoms with E-state index >= 15 is 0 Å². The standard InChI is InChI=1S/C24H24F2N2O5/c25-23(26)20(10-21(29)28-11-14(12-28)9-22(30)31)27-24(32)33-13-19-17-7-3-1-5-15(17)16-6-2-4-8-18(16)19/h1-8,14,19-20,23H,9-13H2,(H,27,32)(H,30,31). The van der Waals surface area contributed by atoms with E-state index < -0.39 is 36.9 Å². The molecule has 2 aromatic carbocycles. The number of aliphatic carboxylic acids is 1. The fourth-order valence-electron chi connectivity index (χ4n) is 4.46. The van der Waals surface area contributed by atoms with Crippen LogP contribution in [0.1, 0.15) is 29.9 Å². The Morgan fingerprint density at radius 3 is 2.15 bits per heavy atom. The number of nitrogens with zero attached hydrogens (tertiary/aromatic N) is 1. The lowest BCUT2D eigenvalue weighted by atomic mass is 9.95. The van der Waals surface area contributed by atoms with E-state index in [-0.39, 0.29) is 38.0 Å². The second-order valence-electron chi connectivity index (χ2n) is 8.38. The van der Waals surface area contributed by atoms with Gasteiger partial charge in [-0.3, -0.25) is 9.59 Å². The van der Waals surface area contributed by atoms with Crippen LogP contribution in [0.25, 0.3) is 11.1 Å². The molecular formula is C24H24F2N2O5. The third-order valence-corrected chi connectivity index (χ3v) is 6.12. The highest BCUT2D eigenvalue weighted by Crippen LogP contribution is 2.44. The number of carboxylic acid groups (broad SMARTS) is 1. The molecule has 1 aliphatic heterocycles. The summed E-state index contributed by atoms with van der Waals surface area (Å²) in [7, 11) is 0. The fourth-order valence-corrected chi connectivity index (χ4v) is 4.46. The summed E-state index contributed by atoms with van der Waals surface area (Å²) >= 11 is 0. The van der Waals surface area contributed by atoms with Crippen LogP contribution >= 0.6 is 0 Å². The van der Waals surface area contributed by atoms with Gasteiger partial charge in [-0.2, -0.15) is 0 Å². The number of amides is 2. The van der Waals surface area contributed by atoms with Crippen LogP contribution in [0.2, 0.25) is 0 Å². The molecule has 33 heavy (non-hydrogen) atoms. The van der Waals surface area contributed by atoms with Crippen molar-refractivity contribution < 1.29 is 33.0 Å². The molecular weight excluding hydrogens is 434 g/mol. The van der Waals surface area contributed by atoms with E-state index in [1.807, 2.05) is 48.5 Å². The predicted molar refractivity (Wildman–Crippen MR) is 115 cm³/mol. The first-order valence-corrected chi connectivity index (χ1v) is 10.7. The Morgan fingerprint density at radius 1 is 1.03 bits per heavy atom. The molecule has 4 rings (SSSR count). The highest BCUT2D eigenvalue weighted by molar-refractivity contribution is 5.80. The summed E-state index contributed by atoms with van der Waals surface area (Å²) in [5.41, 5.74) is 4.10. The van der Waals surface area contributed by atoms with E-state index in [2.05, 4.69) is 5.32 Å². The molecule has 0 spiro atoms. The Kier molecular flexibility index (Phi) is 6.57. The molecule has 2 aliphatic rings. The molecule has 2 aromatic rings. The first-order valence-electron chi connectivity index (χ1n) is 10.7. The van der Waals surface area contributed by atoms with Crippen molar-refractivity contribution >= 4 is 18.0 Å². The molecule has 1 saturated heterocycles. The molecule has 0 radical (unpaired) electrons. The summed E-state index contributed by atoms with van der Waals surface area (Å²) in [6, 6.07) is 13.8. The average Bonchev–Trinajstić information content (AvgIpc) is 3.07. The number of alkyl carbamates (subject to hydrolysis) is 1. The minimum Gasteiger partial charge on any atom is -0.481 e. The van der Waals surface area contributed by atoms with Crippen LogP contribution in [0.4, 0.5) is 13.6 Å². The zero-order chi connectivity index (χ0) is 23.5. The van der Waals surface area contributed by atoms with E-state index in [0.717, 1.165) is 22.3 Å². The summed E-state index contributed by atoms with van der Waals surface area (Å²) < 4.78 is 32.2. The Bertz CT molecular complexity index is 1010. The number of ether oxygens (including phenoxy) is 1. The number of carboxylic acids is 1. The summed E-state index contributed by atoms with van der Waals surface area (Å²) in [5, 5.41) is 10.9. The molecule has 1 heterocycles. The lowest BCUT2D eigenvalue weighted by Gasteiger charge is -2.39. The van der Waals surface area contributed by atoms with E-state index in [1.54, 1.807) is 0 Å². The van der Waals surface area contributed by atoms with Gasteiger partial charge >= 0.3 is 12.1 Å².